The second-order valence-corrected chi connectivity index (χ2v) is 8.65. The van der Waals surface area contributed by atoms with E-state index in [0.717, 1.165) is 25.5 Å². The van der Waals surface area contributed by atoms with Crippen LogP contribution in [-0.4, -0.2) is 34.6 Å². The van der Waals surface area contributed by atoms with E-state index in [-0.39, 0.29) is 5.22 Å². The second-order valence-electron chi connectivity index (χ2n) is 4.92. The summed E-state index contributed by atoms with van der Waals surface area (Å²) >= 11 is 0. The van der Waals surface area contributed by atoms with E-state index in [1.165, 1.54) is 25.7 Å². The van der Waals surface area contributed by atoms with Crippen LogP contribution in [0, 0.1) is 0 Å². The molecule has 102 valence electrons. The third-order valence-corrected chi connectivity index (χ3v) is 8.60. The largest absolute Gasteiger partial charge is 0.396 e. The van der Waals surface area contributed by atoms with Crippen molar-refractivity contribution in [2.45, 2.75) is 63.6 Å². The topological polar surface area (TPSA) is 27.7 Å². The van der Waals surface area contributed by atoms with Gasteiger partial charge in [-0.3, -0.25) is 0 Å². The van der Waals surface area contributed by atoms with Crippen molar-refractivity contribution in [3.63, 3.8) is 0 Å². The Morgan fingerprint density at radius 1 is 1.18 bits per heavy atom. The summed E-state index contributed by atoms with van der Waals surface area (Å²) in [6.07, 6.45) is 6.86. The van der Waals surface area contributed by atoms with Gasteiger partial charge in [0.05, 0.1) is 0 Å². The Morgan fingerprint density at radius 3 is 2.29 bits per heavy atom. The molecule has 1 aliphatic heterocycles. The van der Waals surface area contributed by atoms with Gasteiger partial charge in [-0.2, -0.15) is 0 Å². The number of rotatable bonds is 7. The van der Waals surface area contributed by atoms with E-state index >= 15 is 0 Å². The molecule has 0 N–H and O–H groups in total. The molecule has 17 heavy (non-hydrogen) atoms. The van der Waals surface area contributed by atoms with Gasteiger partial charge < -0.3 is 13.6 Å². The number of ether oxygens (including phenoxy) is 1. The summed E-state index contributed by atoms with van der Waals surface area (Å²) in [5, 5.41) is -0.121. The Hall–Kier alpha value is 0.0969. The molecule has 1 atom stereocenters. The van der Waals surface area contributed by atoms with Crippen LogP contribution in [0.4, 0.5) is 0 Å². The molecular weight excluding hydrogens is 232 g/mol. The minimum atomic E-state index is -2.24. The predicted molar refractivity (Wildman–Crippen MR) is 72.3 cm³/mol. The van der Waals surface area contributed by atoms with Gasteiger partial charge in [0, 0.05) is 20.8 Å². The molecule has 0 aromatic carbocycles. The first kappa shape index (κ1) is 15.2. The van der Waals surface area contributed by atoms with E-state index in [0.29, 0.717) is 0 Å². The lowest BCUT2D eigenvalue weighted by atomic mass is 10.1. The summed E-state index contributed by atoms with van der Waals surface area (Å²) in [7, 11) is 1.38. The summed E-state index contributed by atoms with van der Waals surface area (Å²) in [6.45, 7) is 5.28. The van der Waals surface area contributed by atoms with E-state index in [1.807, 2.05) is 0 Å². The summed E-state index contributed by atoms with van der Waals surface area (Å²) < 4.78 is 18.0. The maximum atomic E-state index is 6.17. The van der Waals surface area contributed by atoms with Crippen LogP contribution in [-0.2, 0) is 13.6 Å². The smallest absolute Gasteiger partial charge is 0.370 e. The van der Waals surface area contributed by atoms with Gasteiger partial charge in [-0.05, 0) is 31.7 Å². The molecule has 0 aromatic heterocycles. The summed E-state index contributed by atoms with van der Waals surface area (Å²) in [4.78, 5) is 0. The first-order valence-corrected chi connectivity index (χ1v) is 8.97. The van der Waals surface area contributed by atoms with Crippen molar-refractivity contribution in [3.05, 3.63) is 0 Å². The van der Waals surface area contributed by atoms with E-state index in [1.54, 1.807) is 14.2 Å². The van der Waals surface area contributed by atoms with Crippen LogP contribution in [0.3, 0.4) is 0 Å². The molecule has 0 radical (unpaired) electrons. The molecule has 3 nitrogen and oxygen atoms in total. The van der Waals surface area contributed by atoms with Crippen LogP contribution in [0.1, 0.15) is 52.4 Å². The maximum Gasteiger partial charge on any atom is 0.370 e. The first-order valence-electron chi connectivity index (χ1n) is 6.94. The molecule has 0 aromatic rings. The van der Waals surface area contributed by atoms with Crippen LogP contribution in [0.2, 0.25) is 6.04 Å². The van der Waals surface area contributed by atoms with Gasteiger partial charge in [0.1, 0.15) is 5.22 Å². The molecule has 1 aliphatic rings. The summed E-state index contributed by atoms with van der Waals surface area (Å²) in [5.41, 5.74) is 0. The summed E-state index contributed by atoms with van der Waals surface area (Å²) in [6, 6.07) is 1.05. The fraction of sp³-hybridized carbons (Fsp3) is 1.00. The molecule has 0 saturated carbocycles. The van der Waals surface area contributed by atoms with Gasteiger partial charge in [0.25, 0.3) is 0 Å². The fourth-order valence-corrected chi connectivity index (χ4v) is 7.01. The van der Waals surface area contributed by atoms with Crippen LogP contribution >= 0.6 is 0 Å². The predicted octanol–water partition coefficient (Wildman–Crippen LogP) is 3.41. The lowest BCUT2D eigenvalue weighted by Gasteiger charge is -2.47. The zero-order chi connectivity index (χ0) is 12.8. The second kappa shape index (κ2) is 6.88. The molecule has 1 saturated heterocycles. The van der Waals surface area contributed by atoms with Crippen molar-refractivity contribution in [3.8, 4) is 0 Å². The maximum absolute atomic E-state index is 6.17. The normalized spacial score (nSPS) is 26.1. The van der Waals surface area contributed by atoms with E-state index in [2.05, 4.69) is 13.8 Å². The Morgan fingerprint density at radius 2 is 1.88 bits per heavy atom. The SMILES string of the molecule is CCCC[Si](OC)(OC)C1(CC)CCCCO1. The number of unbranched alkanes of at least 4 members (excludes halogenated alkanes) is 1. The molecular formula is C13H28O3Si. The van der Waals surface area contributed by atoms with Crippen LogP contribution in [0.5, 0.6) is 0 Å². The van der Waals surface area contributed by atoms with Crippen molar-refractivity contribution in [1.29, 1.82) is 0 Å². The Labute approximate surface area is 107 Å². The van der Waals surface area contributed by atoms with Crippen molar-refractivity contribution in [2.24, 2.45) is 0 Å². The molecule has 0 spiro atoms. The molecule has 0 bridgehead atoms. The minimum Gasteiger partial charge on any atom is -0.396 e. The molecule has 1 unspecified atom stereocenters. The lowest BCUT2D eigenvalue weighted by molar-refractivity contribution is -0.0586. The molecule has 1 rings (SSSR count). The van der Waals surface area contributed by atoms with Crippen molar-refractivity contribution >= 4 is 8.56 Å². The monoisotopic (exact) mass is 260 g/mol. The Bertz CT molecular complexity index is 211. The van der Waals surface area contributed by atoms with Gasteiger partial charge in [-0.1, -0.05) is 26.7 Å². The zero-order valence-electron chi connectivity index (χ0n) is 11.9. The van der Waals surface area contributed by atoms with E-state index in [9.17, 15) is 0 Å². The molecule has 0 amide bonds. The number of hydrogen-bond acceptors (Lipinski definition) is 3. The molecule has 4 heteroatoms. The fourth-order valence-electron chi connectivity index (χ4n) is 3.00. The Kier molecular flexibility index (Phi) is 6.13. The highest BCUT2D eigenvalue weighted by atomic mass is 28.4. The highest BCUT2D eigenvalue weighted by Crippen LogP contribution is 2.40. The first-order chi connectivity index (χ1) is 8.20. The third-order valence-electron chi connectivity index (χ3n) is 4.14. The average Bonchev–Trinajstić information content (AvgIpc) is 2.41. The van der Waals surface area contributed by atoms with Gasteiger partial charge in [0.15, 0.2) is 0 Å². The highest BCUT2D eigenvalue weighted by Gasteiger charge is 2.57. The van der Waals surface area contributed by atoms with Crippen LogP contribution in [0.25, 0.3) is 0 Å². The van der Waals surface area contributed by atoms with E-state index < -0.39 is 8.56 Å². The third kappa shape index (κ3) is 2.92. The van der Waals surface area contributed by atoms with Gasteiger partial charge in [-0.15, -0.1) is 0 Å². The van der Waals surface area contributed by atoms with Crippen molar-refractivity contribution < 1.29 is 13.6 Å². The Balaban J connectivity index is 2.90. The molecule has 0 aliphatic carbocycles. The lowest BCUT2D eigenvalue weighted by Crippen LogP contribution is -2.64. The summed E-state index contributed by atoms with van der Waals surface area (Å²) in [5.74, 6) is 0. The average molecular weight is 260 g/mol. The van der Waals surface area contributed by atoms with E-state index in [4.69, 9.17) is 13.6 Å². The van der Waals surface area contributed by atoms with Crippen LogP contribution in [0.15, 0.2) is 0 Å². The van der Waals surface area contributed by atoms with Gasteiger partial charge >= 0.3 is 8.56 Å². The van der Waals surface area contributed by atoms with Crippen LogP contribution < -0.4 is 0 Å². The molecule has 1 heterocycles. The quantitative estimate of drug-likeness (QED) is 0.657. The van der Waals surface area contributed by atoms with Crippen molar-refractivity contribution in [2.75, 3.05) is 20.8 Å². The van der Waals surface area contributed by atoms with Gasteiger partial charge in [0.2, 0.25) is 0 Å². The van der Waals surface area contributed by atoms with Gasteiger partial charge in [-0.25, -0.2) is 0 Å². The van der Waals surface area contributed by atoms with Crippen molar-refractivity contribution in [1.82, 2.24) is 0 Å². The number of hydrogen-bond donors (Lipinski definition) is 0. The minimum absolute atomic E-state index is 0.121. The highest BCUT2D eigenvalue weighted by molar-refractivity contribution is 6.70. The molecule has 1 fully saturated rings. The zero-order valence-corrected chi connectivity index (χ0v) is 12.9. The standard InChI is InChI=1S/C13H28O3Si/c1-5-7-12-17(14-3,15-4)13(6-2)10-8-9-11-16-13/h5-12H2,1-4H3.